The molecule has 1 aliphatic rings. The molecule has 5 heteroatoms. The Morgan fingerprint density at radius 3 is 2.32 bits per heavy atom. The zero-order chi connectivity index (χ0) is 18.2. The summed E-state index contributed by atoms with van der Waals surface area (Å²) in [6.45, 7) is 9.97. The predicted octanol–water partition coefficient (Wildman–Crippen LogP) is 1.86. The predicted molar refractivity (Wildman–Crippen MR) is 102 cm³/mol. The largest absolute Gasteiger partial charge is 0.383 e. The van der Waals surface area contributed by atoms with Crippen molar-refractivity contribution in [3.05, 3.63) is 35.4 Å². The molecule has 1 fully saturated rings. The van der Waals surface area contributed by atoms with Crippen molar-refractivity contribution in [3.63, 3.8) is 0 Å². The number of carbonyl (C=O) groups is 1. The van der Waals surface area contributed by atoms with Crippen LogP contribution in [0.4, 0.5) is 0 Å². The molecule has 1 aliphatic heterocycles. The number of nitrogens with zero attached hydrogens (tertiary/aromatic N) is 3. The summed E-state index contributed by atoms with van der Waals surface area (Å²) < 4.78 is 5.22. The number of hydrogen-bond acceptors (Lipinski definition) is 4. The van der Waals surface area contributed by atoms with Gasteiger partial charge in [-0.2, -0.15) is 0 Å². The summed E-state index contributed by atoms with van der Waals surface area (Å²) in [4.78, 5) is 19.6. The number of aryl methyl sites for hydroxylation is 1. The molecule has 0 spiro atoms. The van der Waals surface area contributed by atoms with Crippen molar-refractivity contribution in [3.8, 4) is 0 Å². The zero-order valence-corrected chi connectivity index (χ0v) is 16.2. The van der Waals surface area contributed by atoms with Crippen LogP contribution in [0.3, 0.4) is 0 Å². The van der Waals surface area contributed by atoms with Crippen LogP contribution in [-0.2, 0) is 22.5 Å². The van der Waals surface area contributed by atoms with Gasteiger partial charge in [-0.1, -0.05) is 31.2 Å². The molecule has 2 rings (SSSR count). The van der Waals surface area contributed by atoms with Crippen molar-refractivity contribution < 1.29 is 9.53 Å². The Labute approximate surface area is 152 Å². The maximum Gasteiger partial charge on any atom is 0.240 e. The topological polar surface area (TPSA) is 36.0 Å². The van der Waals surface area contributed by atoms with Gasteiger partial charge in [0.1, 0.15) is 0 Å². The molecule has 1 amide bonds. The van der Waals surface area contributed by atoms with E-state index in [4.69, 9.17) is 4.74 Å². The fraction of sp³-hybridized carbons (Fsp3) is 0.650. The Balaban J connectivity index is 2.02. The second-order valence-corrected chi connectivity index (χ2v) is 6.94. The van der Waals surface area contributed by atoms with Crippen LogP contribution in [0.15, 0.2) is 24.3 Å². The minimum Gasteiger partial charge on any atom is -0.383 e. The van der Waals surface area contributed by atoms with E-state index in [1.807, 2.05) is 11.8 Å². The van der Waals surface area contributed by atoms with E-state index in [2.05, 4.69) is 48.0 Å². The van der Waals surface area contributed by atoms with Crippen molar-refractivity contribution in [2.45, 2.75) is 32.9 Å². The van der Waals surface area contributed by atoms with Gasteiger partial charge in [0.2, 0.25) is 5.91 Å². The fourth-order valence-electron chi connectivity index (χ4n) is 3.20. The first-order chi connectivity index (χ1) is 12.0. The highest BCUT2D eigenvalue weighted by Crippen LogP contribution is 2.13. The van der Waals surface area contributed by atoms with Gasteiger partial charge in [0.05, 0.1) is 12.6 Å². The number of hydrogen-bond donors (Lipinski definition) is 0. The van der Waals surface area contributed by atoms with Gasteiger partial charge in [-0.05, 0) is 31.5 Å². The number of likely N-dealkylation sites (N-methyl/N-ethyl adjacent to an activating group) is 1. The Hall–Kier alpha value is -1.43. The third kappa shape index (κ3) is 5.80. The van der Waals surface area contributed by atoms with Crippen LogP contribution < -0.4 is 0 Å². The number of rotatable bonds is 8. The number of methoxy groups -OCH3 is 1. The Bertz CT molecular complexity index is 524. The lowest BCUT2D eigenvalue weighted by atomic mass is 10.1. The average molecular weight is 348 g/mol. The molecule has 0 bridgehead atoms. The molecule has 5 nitrogen and oxygen atoms in total. The smallest absolute Gasteiger partial charge is 0.240 e. The quantitative estimate of drug-likeness (QED) is 0.719. The Kier molecular flexibility index (Phi) is 7.88. The molecule has 140 valence electrons. The first-order valence-electron chi connectivity index (χ1n) is 9.33. The SMILES string of the molecule is CCc1ccc(CN(CCOC)C(=O)[C@@H](C)N2CCN(C)CC2)cc1. The molecule has 25 heavy (non-hydrogen) atoms. The minimum absolute atomic E-state index is 0.0829. The third-order valence-electron chi connectivity index (χ3n) is 5.12. The molecule has 1 heterocycles. The summed E-state index contributed by atoms with van der Waals surface area (Å²) in [5.41, 5.74) is 2.50. The van der Waals surface area contributed by atoms with E-state index in [1.165, 1.54) is 11.1 Å². The van der Waals surface area contributed by atoms with Crippen molar-refractivity contribution in [1.82, 2.24) is 14.7 Å². The Morgan fingerprint density at radius 1 is 1.16 bits per heavy atom. The van der Waals surface area contributed by atoms with Gasteiger partial charge >= 0.3 is 0 Å². The summed E-state index contributed by atoms with van der Waals surface area (Å²) in [5.74, 6) is 0.196. The van der Waals surface area contributed by atoms with E-state index in [1.54, 1.807) is 7.11 Å². The minimum atomic E-state index is -0.0829. The van der Waals surface area contributed by atoms with Crippen LogP contribution in [0.1, 0.15) is 25.0 Å². The molecule has 1 aromatic rings. The second-order valence-electron chi connectivity index (χ2n) is 6.94. The molecule has 0 aliphatic carbocycles. The Morgan fingerprint density at radius 2 is 1.76 bits per heavy atom. The standard InChI is InChI=1S/C20H33N3O2/c1-5-18-6-8-19(9-7-18)16-23(14-15-25-4)20(24)17(2)22-12-10-21(3)11-13-22/h6-9,17H,5,10-16H2,1-4H3/t17-/m1/s1. The molecule has 0 radical (unpaired) electrons. The fourth-order valence-corrected chi connectivity index (χ4v) is 3.20. The molecule has 1 atom stereocenters. The third-order valence-corrected chi connectivity index (χ3v) is 5.12. The second kappa shape index (κ2) is 9.90. The lowest BCUT2D eigenvalue weighted by Crippen LogP contribution is -2.54. The number of benzene rings is 1. The highest BCUT2D eigenvalue weighted by molar-refractivity contribution is 5.81. The maximum atomic E-state index is 13.1. The van der Waals surface area contributed by atoms with E-state index in [-0.39, 0.29) is 11.9 Å². The average Bonchev–Trinajstić information content (AvgIpc) is 2.65. The van der Waals surface area contributed by atoms with E-state index in [9.17, 15) is 4.79 Å². The number of piperazine rings is 1. The van der Waals surface area contributed by atoms with Crippen molar-refractivity contribution in [1.29, 1.82) is 0 Å². The summed E-state index contributed by atoms with van der Waals surface area (Å²) in [6, 6.07) is 8.48. The molecule has 0 saturated carbocycles. The monoisotopic (exact) mass is 347 g/mol. The van der Waals surface area contributed by atoms with Crippen molar-refractivity contribution in [2.24, 2.45) is 0 Å². The van der Waals surface area contributed by atoms with Crippen LogP contribution in [0, 0.1) is 0 Å². The van der Waals surface area contributed by atoms with Crippen LogP contribution >= 0.6 is 0 Å². The summed E-state index contributed by atoms with van der Waals surface area (Å²) >= 11 is 0. The molecule has 0 N–H and O–H groups in total. The van der Waals surface area contributed by atoms with E-state index >= 15 is 0 Å². The van der Waals surface area contributed by atoms with Crippen molar-refractivity contribution in [2.75, 3.05) is 53.5 Å². The molecule has 1 saturated heterocycles. The van der Waals surface area contributed by atoms with Gasteiger partial charge in [-0.15, -0.1) is 0 Å². The number of amides is 1. The lowest BCUT2D eigenvalue weighted by Gasteiger charge is -2.37. The molecule has 0 unspecified atom stereocenters. The van der Waals surface area contributed by atoms with Gasteiger partial charge in [-0.25, -0.2) is 0 Å². The number of ether oxygens (including phenoxy) is 1. The molecule has 1 aromatic carbocycles. The van der Waals surface area contributed by atoms with Crippen LogP contribution in [0.2, 0.25) is 0 Å². The lowest BCUT2D eigenvalue weighted by molar-refractivity contribution is -0.138. The number of carbonyl (C=O) groups excluding carboxylic acids is 1. The van der Waals surface area contributed by atoms with Gasteiger partial charge in [0, 0.05) is 46.4 Å². The van der Waals surface area contributed by atoms with E-state index < -0.39 is 0 Å². The molecule has 0 aromatic heterocycles. The van der Waals surface area contributed by atoms with E-state index in [0.29, 0.717) is 19.7 Å². The molecular weight excluding hydrogens is 314 g/mol. The summed E-state index contributed by atoms with van der Waals surface area (Å²) in [5, 5.41) is 0. The van der Waals surface area contributed by atoms with Crippen LogP contribution in [-0.4, -0.2) is 80.1 Å². The van der Waals surface area contributed by atoms with Gasteiger partial charge < -0.3 is 14.5 Å². The van der Waals surface area contributed by atoms with Gasteiger partial charge in [0.25, 0.3) is 0 Å². The van der Waals surface area contributed by atoms with Gasteiger partial charge in [-0.3, -0.25) is 9.69 Å². The van der Waals surface area contributed by atoms with E-state index in [0.717, 1.165) is 32.6 Å². The highest BCUT2D eigenvalue weighted by Gasteiger charge is 2.28. The first-order valence-corrected chi connectivity index (χ1v) is 9.33. The maximum absolute atomic E-state index is 13.1. The van der Waals surface area contributed by atoms with Crippen molar-refractivity contribution >= 4 is 5.91 Å². The summed E-state index contributed by atoms with van der Waals surface area (Å²) in [6.07, 6.45) is 1.03. The van der Waals surface area contributed by atoms with Crippen LogP contribution in [0.25, 0.3) is 0 Å². The zero-order valence-electron chi connectivity index (χ0n) is 16.2. The molecular formula is C20H33N3O2. The van der Waals surface area contributed by atoms with Crippen LogP contribution in [0.5, 0.6) is 0 Å². The summed E-state index contributed by atoms with van der Waals surface area (Å²) in [7, 11) is 3.82. The first kappa shape index (κ1) is 19.9. The highest BCUT2D eigenvalue weighted by atomic mass is 16.5. The normalized spacial score (nSPS) is 17.4. The van der Waals surface area contributed by atoms with Gasteiger partial charge in [0.15, 0.2) is 0 Å².